The molecule has 3 aromatic heterocycles. The smallest absolute Gasteiger partial charge is 0.328 e. The second-order valence-electron chi connectivity index (χ2n) is 11.9. The van der Waals surface area contributed by atoms with E-state index < -0.39 is 11.7 Å². The minimum absolute atomic E-state index is 0.0250. The maximum absolute atomic E-state index is 12.7. The predicted molar refractivity (Wildman–Crippen MR) is 199 cm³/mol. The van der Waals surface area contributed by atoms with Crippen LogP contribution in [-0.2, 0) is 57.5 Å². The number of nitrogens with two attached hydrogens (primary N) is 1. The lowest BCUT2D eigenvalue weighted by Crippen LogP contribution is -2.27. The molecule has 0 aliphatic carbocycles. The summed E-state index contributed by atoms with van der Waals surface area (Å²) in [6.45, 7) is 6.65. The van der Waals surface area contributed by atoms with Crippen LogP contribution in [-0.4, -0.2) is 158 Å². The van der Waals surface area contributed by atoms with Crippen LogP contribution >= 0.6 is 0 Å². The summed E-state index contributed by atoms with van der Waals surface area (Å²) in [5, 5.41) is 19.4. The number of ether oxygens (including phenoxy) is 8. The Morgan fingerprint density at radius 1 is 0.821 bits per heavy atom. The number of anilines is 1. The van der Waals surface area contributed by atoms with Crippen molar-refractivity contribution in [3.05, 3.63) is 57.8 Å². The molecule has 21 nitrogen and oxygen atoms in total. The van der Waals surface area contributed by atoms with Gasteiger partial charge in [0, 0.05) is 31.8 Å². The monoisotopic (exact) mass is 789 g/mol. The molecule has 0 radical (unpaired) electrons. The number of carboxylic acids is 1. The minimum atomic E-state index is -0.865. The lowest BCUT2D eigenvalue weighted by Gasteiger charge is -2.09. The normalized spacial score (nSPS) is 11.4. The van der Waals surface area contributed by atoms with Crippen molar-refractivity contribution in [2.45, 2.75) is 25.9 Å². The van der Waals surface area contributed by atoms with E-state index in [1.165, 1.54) is 4.57 Å². The predicted octanol–water partition coefficient (Wildman–Crippen LogP) is -0.0864. The molecule has 0 unspecified atom stereocenters. The molecule has 5 N–H and O–H groups in total. The molecule has 21 heteroatoms. The van der Waals surface area contributed by atoms with E-state index in [0.717, 1.165) is 5.56 Å². The second-order valence-corrected chi connectivity index (χ2v) is 11.9. The average molecular weight is 790 g/mol. The van der Waals surface area contributed by atoms with Gasteiger partial charge in [0.1, 0.15) is 12.1 Å². The number of hydrogen-bond donors (Lipinski definition) is 4. The van der Waals surface area contributed by atoms with Crippen molar-refractivity contribution in [3.8, 4) is 6.01 Å². The molecule has 308 valence electrons. The van der Waals surface area contributed by atoms with Crippen LogP contribution in [0.4, 0.5) is 5.82 Å². The number of aryl methyl sites for hydroxylation is 1. The van der Waals surface area contributed by atoms with Crippen LogP contribution in [0.25, 0.3) is 11.2 Å². The number of aliphatic carboxylic acids is 1. The van der Waals surface area contributed by atoms with Crippen molar-refractivity contribution in [1.82, 2.24) is 39.8 Å². The Labute approximate surface area is 322 Å². The van der Waals surface area contributed by atoms with Gasteiger partial charge in [0.05, 0.1) is 111 Å². The third-order valence-electron chi connectivity index (χ3n) is 7.74. The van der Waals surface area contributed by atoms with E-state index in [4.69, 9.17) is 48.7 Å². The van der Waals surface area contributed by atoms with Crippen LogP contribution in [0.1, 0.15) is 28.0 Å². The van der Waals surface area contributed by atoms with Crippen LogP contribution in [0.5, 0.6) is 6.01 Å². The van der Waals surface area contributed by atoms with Gasteiger partial charge in [-0.2, -0.15) is 9.97 Å². The molecule has 1 aromatic carbocycles. The Morgan fingerprint density at radius 2 is 1.43 bits per heavy atom. The number of aromatic nitrogens is 7. The zero-order chi connectivity index (χ0) is 39.8. The summed E-state index contributed by atoms with van der Waals surface area (Å²) in [6.07, 6.45) is 2.10. The van der Waals surface area contributed by atoms with Crippen molar-refractivity contribution >= 4 is 28.9 Å². The summed E-state index contributed by atoms with van der Waals surface area (Å²) in [7, 11) is 1.55. The molecule has 4 aromatic rings. The fourth-order valence-corrected chi connectivity index (χ4v) is 4.90. The van der Waals surface area contributed by atoms with Gasteiger partial charge in [-0.3, -0.25) is 14.2 Å². The first-order chi connectivity index (χ1) is 27.3. The van der Waals surface area contributed by atoms with Crippen LogP contribution < -0.4 is 21.5 Å². The van der Waals surface area contributed by atoms with Crippen molar-refractivity contribution in [3.63, 3.8) is 0 Å². The number of carbonyl (C=O) groups is 2. The Morgan fingerprint density at radius 3 is 2.04 bits per heavy atom. The van der Waals surface area contributed by atoms with Crippen LogP contribution in [0.15, 0.2) is 35.3 Å². The number of aromatic amines is 1. The van der Waals surface area contributed by atoms with Gasteiger partial charge in [0.25, 0.3) is 5.91 Å². The molecule has 0 aliphatic rings. The van der Waals surface area contributed by atoms with E-state index in [9.17, 15) is 14.4 Å². The average Bonchev–Trinajstić information content (AvgIpc) is 3.78. The van der Waals surface area contributed by atoms with E-state index >= 15 is 0 Å². The Hall–Kier alpha value is -5.03. The van der Waals surface area contributed by atoms with Gasteiger partial charge in [-0.05, 0) is 17.7 Å². The number of hydrogen-bond acceptors (Lipinski definition) is 16. The molecule has 3 heterocycles. The zero-order valence-corrected chi connectivity index (χ0v) is 31.5. The molecule has 1 amide bonds. The second kappa shape index (κ2) is 25.2. The summed E-state index contributed by atoms with van der Waals surface area (Å²) in [5.41, 5.74) is 8.11. The van der Waals surface area contributed by atoms with Crippen LogP contribution in [0.2, 0.25) is 0 Å². The quantitative estimate of drug-likeness (QED) is 0.0486. The number of fused-ring (bicyclic) bond motifs is 1. The highest BCUT2D eigenvalue weighted by molar-refractivity contribution is 5.94. The molecule has 56 heavy (non-hydrogen) atoms. The van der Waals surface area contributed by atoms with E-state index in [1.54, 1.807) is 42.3 Å². The number of imidazole rings is 1. The van der Waals surface area contributed by atoms with Gasteiger partial charge < -0.3 is 59.0 Å². The van der Waals surface area contributed by atoms with E-state index in [-0.39, 0.29) is 37.3 Å². The van der Waals surface area contributed by atoms with Crippen LogP contribution in [0.3, 0.4) is 0 Å². The summed E-state index contributed by atoms with van der Waals surface area (Å²) in [4.78, 5) is 47.0. The highest BCUT2D eigenvalue weighted by Crippen LogP contribution is 2.18. The first-order valence-electron chi connectivity index (χ1n) is 18.2. The molecule has 0 bridgehead atoms. The fraction of sp³-hybridized carbons (Fsp3) is 0.571. The number of nitrogens with zero attached hydrogens (tertiary/aromatic N) is 6. The Kier molecular flexibility index (Phi) is 19.7. The van der Waals surface area contributed by atoms with Crippen LogP contribution in [0, 0.1) is 0 Å². The molecular formula is C35H51N9O12. The maximum atomic E-state index is 12.7. The summed E-state index contributed by atoms with van der Waals surface area (Å²) >= 11 is 0. The fourth-order valence-electron chi connectivity index (χ4n) is 4.90. The number of benzene rings is 1. The molecule has 4 rings (SSSR count). The number of rotatable bonds is 31. The molecule has 0 spiro atoms. The number of carboxylic acid groups (broad SMARTS) is 1. The zero-order valence-electron chi connectivity index (χ0n) is 31.5. The highest BCUT2D eigenvalue weighted by atomic mass is 16.6. The molecule has 0 aliphatic heterocycles. The summed E-state index contributed by atoms with van der Waals surface area (Å²) in [5.74, 6) is -1.02. The topological polar surface area (TPSA) is 261 Å². The van der Waals surface area contributed by atoms with E-state index in [2.05, 4.69) is 30.6 Å². The minimum Gasteiger partial charge on any atom is -0.481 e. The third-order valence-corrected chi connectivity index (χ3v) is 7.74. The van der Waals surface area contributed by atoms with Gasteiger partial charge in [0.15, 0.2) is 11.5 Å². The highest BCUT2D eigenvalue weighted by Gasteiger charge is 2.15. The number of amides is 1. The number of carbonyl (C=O) groups excluding carboxylic acids is 1. The number of methoxy groups -OCH3 is 1. The molecule has 0 saturated heterocycles. The van der Waals surface area contributed by atoms with E-state index in [0.29, 0.717) is 128 Å². The third kappa shape index (κ3) is 16.0. The van der Waals surface area contributed by atoms with Crippen molar-refractivity contribution < 1.29 is 52.6 Å². The lowest BCUT2D eigenvalue weighted by molar-refractivity contribution is -0.137. The summed E-state index contributed by atoms with van der Waals surface area (Å²) < 4.78 is 46.5. The lowest BCUT2D eigenvalue weighted by atomic mass is 10.1. The molecule has 0 fully saturated rings. The van der Waals surface area contributed by atoms with Gasteiger partial charge in [-0.15, -0.1) is 5.10 Å². The summed E-state index contributed by atoms with van der Waals surface area (Å²) in [6, 6.07) is 6.93. The number of nitrogen functional groups attached to an aromatic ring is 1. The SMILES string of the molecule is COCCOc1nc(N)c2[nH]c(=O)n(Cc3ccc(C(=O)NCCOCCOCCOCCOCCOCCOCCn4cc(CCC(=O)O)nn4)cc3)c2n1. The Balaban J connectivity index is 0.932. The van der Waals surface area contributed by atoms with Gasteiger partial charge in [0.2, 0.25) is 0 Å². The molecule has 0 saturated carbocycles. The van der Waals surface area contributed by atoms with Crippen molar-refractivity contribution in [2.24, 2.45) is 0 Å². The maximum Gasteiger partial charge on any atom is 0.328 e. The van der Waals surface area contributed by atoms with Crippen molar-refractivity contribution in [1.29, 1.82) is 0 Å². The van der Waals surface area contributed by atoms with Gasteiger partial charge in [-0.1, -0.05) is 17.3 Å². The van der Waals surface area contributed by atoms with Gasteiger partial charge >= 0.3 is 17.7 Å². The first kappa shape index (κ1) is 43.7. The molecular weight excluding hydrogens is 738 g/mol. The molecule has 0 atom stereocenters. The largest absolute Gasteiger partial charge is 0.481 e. The first-order valence-corrected chi connectivity index (χ1v) is 18.2. The Bertz CT molecular complexity index is 1800. The number of nitrogens with one attached hydrogen (secondary N) is 2. The van der Waals surface area contributed by atoms with Gasteiger partial charge in [-0.25, -0.2) is 9.48 Å². The van der Waals surface area contributed by atoms with E-state index in [1.807, 2.05) is 0 Å². The van der Waals surface area contributed by atoms with Crippen molar-refractivity contribution in [2.75, 3.05) is 112 Å². The standard InChI is InChI=1S/C35H51N9O12/c1-49-12-23-56-34-39-31(36)30-32(40-34)44(35(48)38-30)24-26-2-4-27(5-3-26)33(47)37-8-10-50-13-15-52-17-19-54-21-22-55-20-18-53-16-14-51-11-9-43-25-28(41-42-43)6-7-29(45)46/h2-5,25H,6-24H2,1H3,(H,37,47)(H,38,48)(H,45,46)(H2,36,39,40). The number of H-pyrrole nitrogens is 1.